The maximum Gasteiger partial charge on any atom is -1.00 e. The Balaban J connectivity index is 0. The molecule has 0 aromatic heterocycles. The molecule has 0 aliphatic carbocycles. The van der Waals surface area contributed by atoms with Crippen molar-refractivity contribution >= 4 is 0 Å². The van der Waals surface area contributed by atoms with E-state index in [0.717, 1.165) is 25.4 Å². The van der Waals surface area contributed by atoms with E-state index in [9.17, 15) is 0 Å². The first-order chi connectivity index (χ1) is 2.77. The molecule has 0 aliphatic rings. The van der Waals surface area contributed by atoms with Gasteiger partial charge < -0.3 is 12.4 Å². The van der Waals surface area contributed by atoms with Crippen molar-refractivity contribution in [2.24, 2.45) is 0 Å². The van der Waals surface area contributed by atoms with Crippen LogP contribution in [0.2, 0.25) is 0 Å². The van der Waals surface area contributed by atoms with E-state index in [0.29, 0.717) is 0 Å². The number of nitrogens with zero attached hydrogens (tertiary/aromatic N) is 1. The fourth-order valence-electron chi connectivity index (χ4n) is 0.183. The van der Waals surface area contributed by atoms with Gasteiger partial charge in [-0.05, 0) is 0 Å². The Kier molecular flexibility index (Phi) is 10.5. The second-order valence-corrected chi connectivity index (χ2v) is 2.27. The monoisotopic (exact) mass is 173 g/mol. The van der Waals surface area contributed by atoms with Crippen LogP contribution in [0.25, 0.3) is 0 Å². The van der Waals surface area contributed by atoms with Gasteiger partial charge in [-0.3, -0.25) is 0 Å². The Morgan fingerprint density at radius 2 is 2.00 bits per heavy atom. The number of hydrogen-bond donors (Lipinski definition) is 0. The normalized spacial score (nSPS) is 8.71. The molecule has 40 valence electrons. The summed E-state index contributed by atoms with van der Waals surface area (Å²) < 4.78 is 4.85. The van der Waals surface area contributed by atoms with Crippen molar-refractivity contribution in [2.75, 3.05) is 20.8 Å². The number of rotatable bonds is 2. The van der Waals surface area contributed by atoms with Crippen LogP contribution in [0.15, 0.2) is 0 Å². The molecule has 0 fully saturated rings. The summed E-state index contributed by atoms with van der Waals surface area (Å²) in [5.41, 5.74) is 0. The van der Waals surface area contributed by atoms with Crippen molar-refractivity contribution in [3.05, 3.63) is 0 Å². The van der Waals surface area contributed by atoms with Crippen molar-refractivity contribution in [3.8, 4) is 0 Å². The summed E-state index contributed by atoms with van der Waals surface area (Å²) in [7, 11) is 3.96. The van der Waals surface area contributed by atoms with E-state index >= 15 is 0 Å². The molecule has 0 amide bonds. The molecule has 0 N–H and O–H groups in total. The third kappa shape index (κ3) is 10.9. The third-order valence-corrected chi connectivity index (χ3v) is 0.733. The molecule has 0 aliphatic heterocycles. The van der Waals surface area contributed by atoms with Crippen LogP contribution in [0.1, 0.15) is 0 Å². The molecule has 0 saturated heterocycles. The number of halogens is 1. The molecule has 0 aromatic carbocycles. The molecule has 0 bridgehead atoms. The molecule has 0 radical (unpaired) electrons. The maximum absolute atomic E-state index is 4.85. The summed E-state index contributed by atoms with van der Waals surface area (Å²) in [6, 6.07) is 0. The van der Waals surface area contributed by atoms with Gasteiger partial charge in [0, 0.05) is 0 Å². The van der Waals surface area contributed by atoms with Crippen molar-refractivity contribution in [2.45, 2.75) is 0 Å². The molecule has 2 nitrogen and oxygen atoms in total. The van der Waals surface area contributed by atoms with Crippen LogP contribution in [0.5, 0.6) is 0 Å². The van der Waals surface area contributed by atoms with Crippen molar-refractivity contribution in [1.29, 1.82) is 0 Å². The first-order valence-electron chi connectivity index (χ1n) is 1.79. The molecular weight excluding hydrogens is 167 g/mol. The average molecular weight is 175 g/mol. The van der Waals surface area contributed by atoms with E-state index in [-0.39, 0.29) is 12.4 Å². The zero-order valence-electron chi connectivity index (χ0n) is 4.65. The van der Waals surface area contributed by atoms with Crippen LogP contribution in [-0.4, -0.2) is 25.7 Å². The average Bonchev–Trinajstić information content (AvgIpc) is 1.35. The van der Waals surface area contributed by atoms with E-state index in [1.807, 2.05) is 19.0 Å². The molecule has 0 atom stereocenters. The molecule has 0 heterocycles. The van der Waals surface area contributed by atoms with Gasteiger partial charge in [0.1, 0.15) is 0 Å². The minimum atomic E-state index is 0. The summed E-state index contributed by atoms with van der Waals surface area (Å²) in [5, 5.41) is 0. The SMILES string of the molecule is CN(C)C[O][Zn+].[Cl-]. The summed E-state index contributed by atoms with van der Waals surface area (Å²) in [6.45, 7) is 0.764. The van der Waals surface area contributed by atoms with Crippen LogP contribution in [0.4, 0.5) is 0 Å². The fraction of sp³-hybridized carbons (Fsp3) is 1.00. The van der Waals surface area contributed by atoms with E-state index < -0.39 is 0 Å². The van der Waals surface area contributed by atoms with Gasteiger partial charge in [-0.25, -0.2) is 0 Å². The van der Waals surface area contributed by atoms with Crippen LogP contribution < -0.4 is 12.4 Å². The minimum absolute atomic E-state index is 0. The first-order valence-corrected chi connectivity index (χ1v) is 3.00. The van der Waals surface area contributed by atoms with Gasteiger partial charge in [-0.15, -0.1) is 0 Å². The molecule has 0 spiro atoms. The second-order valence-electron chi connectivity index (χ2n) is 1.41. The molecule has 0 rings (SSSR count). The number of hydrogen-bond acceptors (Lipinski definition) is 2. The van der Waals surface area contributed by atoms with Gasteiger partial charge in [0.05, 0.1) is 0 Å². The Labute approximate surface area is 60.7 Å². The molecule has 7 heavy (non-hydrogen) atoms. The summed E-state index contributed by atoms with van der Waals surface area (Å²) >= 11 is 0.929. The Morgan fingerprint density at radius 3 is 2.00 bits per heavy atom. The third-order valence-electron chi connectivity index (χ3n) is 0.349. The van der Waals surface area contributed by atoms with Crippen LogP contribution in [0.3, 0.4) is 0 Å². The summed E-state index contributed by atoms with van der Waals surface area (Å²) in [5.74, 6) is 0. The zero-order valence-corrected chi connectivity index (χ0v) is 8.37. The first kappa shape index (κ1) is 10.7. The van der Waals surface area contributed by atoms with Crippen LogP contribution in [0, 0.1) is 0 Å². The standard InChI is InChI=1S/C3H8NO.ClH.Zn/c1-4(2)3-5;;/h3H2,1-2H3;1H;/q-1;;+2/p-1. The Hall–Kier alpha value is 0.833. The van der Waals surface area contributed by atoms with E-state index in [1.165, 1.54) is 0 Å². The van der Waals surface area contributed by atoms with E-state index in [1.54, 1.807) is 0 Å². The van der Waals surface area contributed by atoms with Gasteiger partial charge >= 0.3 is 48.0 Å². The largest absolute Gasteiger partial charge is 1.00 e. The van der Waals surface area contributed by atoms with Crippen molar-refractivity contribution < 1.29 is 34.6 Å². The van der Waals surface area contributed by atoms with Crippen molar-refractivity contribution in [3.63, 3.8) is 0 Å². The minimum Gasteiger partial charge on any atom is -1.00 e. The van der Waals surface area contributed by atoms with Gasteiger partial charge in [-0.1, -0.05) is 0 Å². The van der Waals surface area contributed by atoms with Gasteiger partial charge in [-0.2, -0.15) is 0 Å². The smallest absolute Gasteiger partial charge is 1.00 e. The van der Waals surface area contributed by atoms with Gasteiger partial charge in [0.25, 0.3) is 0 Å². The van der Waals surface area contributed by atoms with Crippen molar-refractivity contribution in [1.82, 2.24) is 4.90 Å². The topological polar surface area (TPSA) is 12.5 Å². The van der Waals surface area contributed by atoms with Crippen LogP contribution >= 0.6 is 0 Å². The maximum atomic E-state index is 4.85. The van der Waals surface area contributed by atoms with Crippen LogP contribution in [-0.2, 0) is 22.2 Å². The second kappa shape index (κ2) is 6.83. The molecular formula is C3H8ClNOZn. The fourth-order valence-corrected chi connectivity index (χ4v) is 0.949. The molecule has 4 heteroatoms. The molecule has 0 aromatic rings. The van der Waals surface area contributed by atoms with Gasteiger partial charge in [0.2, 0.25) is 0 Å². The van der Waals surface area contributed by atoms with E-state index in [4.69, 9.17) is 3.56 Å². The molecule has 0 saturated carbocycles. The predicted molar refractivity (Wildman–Crippen MR) is 19.6 cm³/mol. The van der Waals surface area contributed by atoms with Gasteiger partial charge in [0.15, 0.2) is 0 Å². The summed E-state index contributed by atoms with van der Waals surface area (Å²) in [6.07, 6.45) is 0. The quantitative estimate of drug-likeness (QED) is 0.327. The van der Waals surface area contributed by atoms with E-state index in [2.05, 4.69) is 0 Å². The molecule has 0 unspecified atom stereocenters. The zero-order chi connectivity index (χ0) is 4.99. The predicted octanol–water partition coefficient (Wildman–Crippen LogP) is -3.01. The Bertz CT molecular complexity index is 36.1. The summed E-state index contributed by atoms with van der Waals surface area (Å²) in [4.78, 5) is 1.99. The Morgan fingerprint density at radius 1 is 1.57 bits per heavy atom.